The first-order valence-corrected chi connectivity index (χ1v) is 24.0. The molecule has 0 fully saturated rings. The highest BCUT2D eigenvalue weighted by Gasteiger charge is 2.35. The van der Waals surface area contributed by atoms with E-state index in [1.165, 1.54) is 71.6 Å². The van der Waals surface area contributed by atoms with Gasteiger partial charge in [-0.25, -0.2) is 4.39 Å². The lowest BCUT2D eigenvalue weighted by Gasteiger charge is -2.11. The van der Waals surface area contributed by atoms with Gasteiger partial charge in [-0.3, -0.25) is 49.0 Å². The number of nitrogens with zero attached hydrogens (tertiary/aromatic N) is 2. The Hall–Kier alpha value is -8.39. The lowest BCUT2D eigenvalue weighted by atomic mass is 10.1. The van der Waals surface area contributed by atoms with Crippen LogP contribution in [0.15, 0.2) is 115 Å². The number of para-hydroxylation sites is 1. The van der Waals surface area contributed by atoms with Crippen LogP contribution in [0.25, 0.3) is 0 Å². The number of nitro groups is 2. The Labute approximate surface area is 529 Å². The second-order valence-corrected chi connectivity index (χ2v) is 17.0. The fourth-order valence-corrected chi connectivity index (χ4v) is 7.17. The highest BCUT2D eigenvalue weighted by Crippen LogP contribution is 2.33. The van der Waals surface area contributed by atoms with Gasteiger partial charge in [-0.1, -0.05) is 129 Å². The zero-order valence-corrected chi connectivity index (χ0v) is 46.6. The number of halogens is 11. The minimum atomic E-state index is -4.75. The van der Waals surface area contributed by atoms with E-state index in [2.05, 4.69) is 31.9 Å². The van der Waals surface area contributed by atoms with Gasteiger partial charge in [-0.05, 0) is 91.7 Å². The minimum Gasteiger partial charge on any atom is -0.355 e. The van der Waals surface area contributed by atoms with Crippen LogP contribution in [0.1, 0.15) is 136 Å². The lowest BCUT2D eigenvalue weighted by Crippen LogP contribution is -2.22. The summed E-state index contributed by atoms with van der Waals surface area (Å²) in [6, 6.07) is 24.8. The molecule has 6 rings (SSSR count). The first-order chi connectivity index (χ1) is 37.8. The molecule has 6 aromatic carbocycles. The molecule has 0 heterocycles. The third-order valence-electron chi connectivity index (χ3n) is 10.1. The second kappa shape index (κ2) is 44.1. The van der Waals surface area contributed by atoms with Gasteiger partial charge < -0.3 is 31.9 Å². The van der Waals surface area contributed by atoms with Crippen LogP contribution >= 0.6 is 46.4 Å². The van der Waals surface area contributed by atoms with Gasteiger partial charge in [0.1, 0.15) is 11.4 Å². The van der Waals surface area contributed by atoms with Crippen LogP contribution in [-0.2, 0) is 12.4 Å². The number of nitrogens with one attached hydrogen (secondary N) is 6. The van der Waals surface area contributed by atoms with Gasteiger partial charge in [0.2, 0.25) is 0 Å². The standard InChI is InChI=1S/C9H7ClF3NO.C9H10ClNO.C9H7F4NO.C9H10N2O3.C8H7Cl2NO.C8H8N2O3.7CH4/c1-14-8(15)6-4-5(9(11,12)13)2-3-7(6)10;1-6-4-3-5-7(10)8(6)9(12)11-2;1-14-8(15)6-3-2-5(10)4-7(6)9(11,12)13;1-6-5-7(11(13)14)3-4-8(6)9(12)10-2;1-11-8(12)7-5(9)3-2-4-6(7)10;1-9-8(11)6-4-2-3-5-7(6)10(12)13;;;;;;;/h2-4H,1H3,(H,14,15);3-5H,1-2H3,(H,11,12);2-4H,1H3,(H,14,15);3-5H,1-2H3,(H,10,12);2-4H,1H3,(H,11,12);2-5H,1H3,(H,9,11);7*1H4. The zero-order chi connectivity index (χ0) is 62.1. The normalized spacial score (nSPS) is 9.35. The molecule has 6 N–H and O–H groups in total. The van der Waals surface area contributed by atoms with Crippen LogP contribution in [-0.4, -0.2) is 87.6 Å². The van der Waals surface area contributed by atoms with E-state index in [1.54, 1.807) is 44.3 Å². The number of amides is 6. The topological polar surface area (TPSA) is 261 Å². The smallest absolute Gasteiger partial charge is 0.355 e. The first kappa shape index (κ1) is 93.3. The maximum Gasteiger partial charge on any atom is 0.417 e. The van der Waals surface area contributed by atoms with E-state index in [0.29, 0.717) is 43.4 Å². The maximum atomic E-state index is 12.6. The number of aryl methyl sites for hydroxylation is 2. The number of alkyl halides is 6. The van der Waals surface area contributed by atoms with Crippen LogP contribution in [0.3, 0.4) is 0 Å². The molecule has 88 heavy (non-hydrogen) atoms. The van der Waals surface area contributed by atoms with Crippen LogP contribution in [0.4, 0.5) is 42.1 Å². The number of hydrogen-bond donors (Lipinski definition) is 6. The summed E-state index contributed by atoms with van der Waals surface area (Å²) < 4.78 is 86.6. The van der Waals surface area contributed by atoms with Gasteiger partial charge in [-0.15, -0.1) is 0 Å². The van der Waals surface area contributed by atoms with Crippen molar-refractivity contribution in [3.63, 3.8) is 0 Å². The van der Waals surface area contributed by atoms with E-state index in [0.717, 1.165) is 35.9 Å². The molecule has 0 unspecified atom stereocenters. The first-order valence-electron chi connectivity index (χ1n) is 22.5. The summed E-state index contributed by atoms with van der Waals surface area (Å²) in [5, 5.41) is 36.1. The highest BCUT2D eigenvalue weighted by atomic mass is 35.5. The van der Waals surface area contributed by atoms with Gasteiger partial charge >= 0.3 is 12.4 Å². The molecule has 490 valence electrons. The number of nitro benzene ring substituents is 2. The molecule has 0 aliphatic carbocycles. The number of carbonyl (C=O) groups is 6. The molecule has 0 aromatic heterocycles. The number of hydrogen-bond acceptors (Lipinski definition) is 10. The van der Waals surface area contributed by atoms with Crippen molar-refractivity contribution in [2.24, 2.45) is 0 Å². The van der Waals surface area contributed by atoms with E-state index in [9.17, 15) is 79.7 Å². The van der Waals surface area contributed by atoms with E-state index in [1.807, 2.05) is 19.1 Å². The molecule has 0 aliphatic heterocycles. The van der Waals surface area contributed by atoms with E-state index in [-0.39, 0.29) is 97.2 Å². The molecule has 0 saturated heterocycles. The van der Waals surface area contributed by atoms with E-state index in [4.69, 9.17) is 46.4 Å². The van der Waals surface area contributed by atoms with Crippen molar-refractivity contribution in [1.29, 1.82) is 0 Å². The van der Waals surface area contributed by atoms with Crippen molar-refractivity contribution >= 4 is 93.2 Å². The van der Waals surface area contributed by atoms with Crippen molar-refractivity contribution in [2.45, 2.75) is 78.2 Å². The predicted molar refractivity (Wildman–Crippen MR) is 339 cm³/mol. The molecular formula is C59H77Cl4F7N8O10. The summed E-state index contributed by atoms with van der Waals surface area (Å²) in [6.45, 7) is 3.52. The molecule has 0 spiro atoms. The Morgan fingerprint density at radius 1 is 0.409 bits per heavy atom. The molecule has 0 atom stereocenters. The van der Waals surface area contributed by atoms with Crippen LogP contribution in [0, 0.1) is 39.9 Å². The Kier molecular flexibility index (Phi) is 46.8. The average Bonchev–Trinajstić information content (AvgIpc) is 3.48. The Balaban J connectivity index is -0.000000176. The molecule has 29 heteroatoms. The quantitative estimate of drug-likeness (QED) is 0.0477. The third-order valence-corrected chi connectivity index (χ3v) is 11.4. The van der Waals surface area contributed by atoms with E-state index < -0.39 is 62.4 Å². The zero-order valence-electron chi connectivity index (χ0n) is 43.6. The minimum absolute atomic E-state index is 0. The van der Waals surface area contributed by atoms with Crippen LogP contribution in [0.2, 0.25) is 20.1 Å². The summed E-state index contributed by atoms with van der Waals surface area (Å²) in [5.41, 5.74) is -0.233. The lowest BCUT2D eigenvalue weighted by molar-refractivity contribution is -0.385. The van der Waals surface area contributed by atoms with Crippen molar-refractivity contribution < 1.29 is 69.3 Å². The summed E-state index contributed by atoms with van der Waals surface area (Å²) in [6.07, 6.45) is -9.22. The Morgan fingerprint density at radius 2 is 0.818 bits per heavy atom. The van der Waals surface area contributed by atoms with Crippen LogP contribution < -0.4 is 31.9 Å². The van der Waals surface area contributed by atoms with Crippen molar-refractivity contribution in [3.05, 3.63) is 217 Å². The molecule has 0 radical (unpaired) electrons. The molecule has 0 bridgehead atoms. The highest BCUT2D eigenvalue weighted by molar-refractivity contribution is 6.39. The summed E-state index contributed by atoms with van der Waals surface area (Å²) in [5.74, 6) is -3.68. The summed E-state index contributed by atoms with van der Waals surface area (Å²) >= 11 is 22.9. The van der Waals surface area contributed by atoms with Crippen molar-refractivity contribution in [2.75, 3.05) is 42.3 Å². The van der Waals surface area contributed by atoms with Crippen molar-refractivity contribution in [1.82, 2.24) is 31.9 Å². The molecule has 18 nitrogen and oxygen atoms in total. The maximum absolute atomic E-state index is 12.6. The molecule has 6 amide bonds. The van der Waals surface area contributed by atoms with Crippen LogP contribution in [0.5, 0.6) is 0 Å². The number of non-ortho nitro benzene ring substituents is 1. The van der Waals surface area contributed by atoms with E-state index >= 15 is 0 Å². The third kappa shape index (κ3) is 28.9. The second-order valence-electron chi connectivity index (χ2n) is 15.4. The summed E-state index contributed by atoms with van der Waals surface area (Å²) in [4.78, 5) is 86.8. The Morgan fingerprint density at radius 3 is 1.24 bits per heavy atom. The van der Waals surface area contributed by atoms with Gasteiger partial charge in [0.05, 0.1) is 63.3 Å². The monoisotopic (exact) mass is 1330 g/mol. The number of benzene rings is 6. The van der Waals surface area contributed by atoms with Gasteiger partial charge in [0, 0.05) is 66.0 Å². The molecule has 6 aromatic rings. The van der Waals surface area contributed by atoms with Gasteiger partial charge in [-0.2, -0.15) is 26.3 Å². The fourth-order valence-electron chi connectivity index (χ4n) is 6.09. The molecule has 0 aliphatic rings. The summed E-state index contributed by atoms with van der Waals surface area (Å²) in [7, 11) is 8.58. The average molecular weight is 1330 g/mol. The van der Waals surface area contributed by atoms with Gasteiger partial charge in [0.25, 0.3) is 46.8 Å². The van der Waals surface area contributed by atoms with Gasteiger partial charge in [0.15, 0.2) is 0 Å². The SMILES string of the molecule is C.C.C.C.C.C.C.CNC(=O)c1c(C)cccc1Cl.CNC(=O)c1c(Cl)cccc1Cl.CNC(=O)c1cc(C(F)(F)F)ccc1Cl.CNC(=O)c1ccc(F)cc1C(F)(F)F.CNC(=O)c1ccc([N+](=O)[O-])cc1C.CNC(=O)c1ccccc1[N+](=O)[O-]. The fraction of sp³-hybridized carbons (Fsp3) is 0.288. The number of carbonyl (C=O) groups excluding carboxylic acids is 6. The number of rotatable bonds is 8. The Bertz CT molecular complexity index is 3140. The largest absolute Gasteiger partial charge is 0.417 e. The molecule has 0 saturated carbocycles. The predicted octanol–water partition coefficient (Wildman–Crippen LogP) is 16.0. The van der Waals surface area contributed by atoms with Crippen molar-refractivity contribution in [3.8, 4) is 0 Å². The molecular weight excluding hydrogens is 1260 g/mol.